The maximum Gasteiger partial charge on any atom is 0.306 e. The van der Waals surface area contributed by atoms with E-state index in [4.69, 9.17) is 14.2 Å². The summed E-state index contributed by atoms with van der Waals surface area (Å²) in [4.78, 5) is 38.4. The Bertz CT molecular complexity index is 1760. The van der Waals surface area contributed by atoms with Crippen LogP contribution in [-0.2, 0) is 28.6 Å². The van der Waals surface area contributed by atoms with Gasteiger partial charge in [0.1, 0.15) is 13.2 Å². The van der Waals surface area contributed by atoms with Crippen molar-refractivity contribution < 1.29 is 28.6 Å². The average molecular weight is 1120 g/mol. The molecule has 0 amide bonds. The quantitative estimate of drug-likeness (QED) is 0.0261. The van der Waals surface area contributed by atoms with E-state index in [9.17, 15) is 14.4 Å². The molecule has 0 fully saturated rings. The van der Waals surface area contributed by atoms with Crippen LogP contribution in [0.25, 0.3) is 0 Å². The lowest BCUT2D eigenvalue weighted by Gasteiger charge is -2.18. The summed E-state index contributed by atoms with van der Waals surface area (Å²) in [6.07, 6.45) is 97.1. The molecule has 6 nitrogen and oxygen atoms in total. The molecular weight excluding hydrogens is 997 g/mol. The minimum atomic E-state index is -0.804. The number of esters is 3. The molecule has 6 heteroatoms. The fourth-order valence-corrected chi connectivity index (χ4v) is 8.88. The molecule has 1 unspecified atom stereocenters. The summed E-state index contributed by atoms with van der Waals surface area (Å²) in [5, 5.41) is 0. The van der Waals surface area contributed by atoms with E-state index >= 15 is 0 Å². The van der Waals surface area contributed by atoms with Crippen molar-refractivity contribution in [3.8, 4) is 0 Å². The molecule has 0 spiro atoms. The van der Waals surface area contributed by atoms with E-state index in [0.29, 0.717) is 19.3 Å². The molecule has 0 aromatic rings. The Morgan fingerprint density at radius 3 is 0.778 bits per heavy atom. The molecule has 0 N–H and O–H groups in total. The fraction of sp³-hybridized carbons (Fsp3) is 0.640. The molecule has 0 bridgehead atoms. The summed E-state index contributed by atoms with van der Waals surface area (Å²) >= 11 is 0. The van der Waals surface area contributed by atoms with Gasteiger partial charge in [-0.1, -0.05) is 276 Å². The van der Waals surface area contributed by atoms with Gasteiger partial charge in [-0.2, -0.15) is 0 Å². The van der Waals surface area contributed by atoms with Crippen LogP contribution in [0.15, 0.2) is 146 Å². The number of unbranched alkanes of at least 4 members (excludes halogenated alkanes) is 24. The van der Waals surface area contributed by atoms with Gasteiger partial charge in [-0.3, -0.25) is 14.4 Å². The predicted octanol–water partition coefficient (Wildman–Crippen LogP) is 23.1. The Morgan fingerprint density at radius 1 is 0.259 bits per heavy atom. The Balaban J connectivity index is 4.41. The van der Waals surface area contributed by atoms with Crippen LogP contribution in [-0.4, -0.2) is 37.2 Å². The van der Waals surface area contributed by atoms with Gasteiger partial charge in [0.05, 0.1) is 0 Å². The zero-order valence-electron chi connectivity index (χ0n) is 52.5. The second-order valence-corrected chi connectivity index (χ2v) is 21.6. The SMILES string of the molecule is CC/C=C\C/C=C\C/C=C\C/C=C\C/C=C\C/C=C\C/C=C\CCCCCC(=O)OCC(COC(=O)CCCCCCC/C=C\CCCCCC)OC(=O)CCCCCCCCCCCCCC/C=C\C/C=C\C/C=C\C/C=C\CC. The maximum absolute atomic E-state index is 12.9. The van der Waals surface area contributed by atoms with Gasteiger partial charge in [0.15, 0.2) is 6.10 Å². The zero-order valence-corrected chi connectivity index (χ0v) is 52.5. The van der Waals surface area contributed by atoms with E-state index in [1.807, 2.05) is 0 Å². The Labute approximate surface area is 499 Å². The number of hydrogen-bond donors (Lipinski definition) is 0. The number of carbonyl (C=O) groups excluding carboxylic acids is 3. The highest BCUT2D eigenvalue weighted by atomic mass is 16.6. The molecule has 0 radical (unpaired) electrons. The molecule has 0 heterocycles. The molecule has 458 valence electrons. The smallest absolute Gasteiger partial charge is 0.306 e. The van der Waals surface area contributed by atoms with Gasteiger partial charge < -0.3 is 14.2 Å². The van der Waals surface area contributed by atoms with E-state index in [2.05, 4.69) is 167 Å². The number of rotatable bonds is 59. The topological polar surface area (TPSA) is 78.9 Å². The van der Waals surface area contributed by atoms with Crippen molar-refractivity contribution >= 4 is 17.9 Å². The summed E-state index contributed by atoms with van der Waals surface area (Å²) in [5.41, 5.74) is 0. The second kappa shape index (κ2) is 67.8. The standard InChI is InChI=1S/C75H122O6/c1-4-7-10-13-16-19-22-25-27-29-31-33-35-37-39-41-43-45-47-50-53-56-59-62-65-68-74(77)80-71-72(70-79-73(76)67-64-61-58-55-52-49-24-21-18-15-12-9-6-3)81-75(78)69-66-63-60-57-54-51-48-46-44-42-40-38-36-34-32-30-28-26-23-20-17-14-11-8-5-2/h7-8,10-11,16-17,19-21,24-28,31-34,37,39,43,45,50,53,72H,4-6,9,12-15,18,22-23,29-30,35-36,38,40-42,44,46-49,51-52,54-71H2,1-3H3/b10-7-,11-8-,19-16-,20-17-,24-21-,27-25-,28-26-,33-31-,34-32-,39-37-,45-43-,53-50-. The molecule has 1 atom stereocenters. The third-order valence-corrected chi connectivity index (χ3v) is 13.8. The molecule has 0 aliphatic carbocycles. The summed E-state index contributed by atoms with van der Waals surface area (Å²) < 4.78 is 16.9. The highest BCUT2D eigenvalue weighted by molar-refractivity contribution is 5.71. The van der Waals surface area contributed by atoms with Crippen LogP contribution in [0.5, 0.6) is 0 Å². The van der Waals surface area contributed by atoms with Gasteiger partial charge in [0.25, 0.3) is 0 Å². The van der Waals surface area contributed by atoms with Crippen LogP contribution in [0.2, 0.25) is 0 Å². The highest BCUT2D eigenvalue weighted by Gasteiger charge is 2.19. The molecule has 0 aromatic heterocycles. The first-order valence-electron chi connectivity index (χ1n) is 33.3. The molecule has 0 aliphatic rings. The van der Waals surface area contributed by atoms with E-state index < -0.39 is 6.10 Å². The van der Waals surface area contributed by atoms with Gasteiger partial charge in [0, 0.05) is 19.3 Å². The average Bonchev–Trinajstić information content (AvgIpc) is 3.46. The third kappa shape index (κ3) is 66.0. The number of ether oxygens (including phenoxy) is 3. The Kier molecular flexibility index (Phi) is 63.9. The Morgan fingerprint density at radius 2 is 0.481 bits per heavy atom. The normalized spacial score (nSPS) is 13.1. The molecule has 81 heavy (non-hydrogen) atoms. The van der Waals surface area contributed by atoms with Crippen molar-refractivity contribution in [1.82, 2.24) is 0 Å². The van der Waals surface area contributed by atoms with Crippen molar-refractivity contribution in [2.24, 2.45) is 0 Å². The van der Waals surface area contributed by atoms with Gasteiger partial charge in [-0.15, -0.1) is 0 Å². The van der Waals surface area contributed by atoms with Crippen molar-refractivity contribution in [1.29, 1.82) is 0 Å². The summed E-state index contributed by atoms with van der Waals surface area (Å²) in [7, 11) is 0. The lowest BCUT2D eigenvalue weighted by atomic mass is 10.0. The summed E-state index contributed by atoms with van der Waals surface area (Å²) in [5.74, 6) is -0.939. The second-order valence-electron chi connectivity index (χ2n) is 21.6. The predicted molar refractivity (Wildman–Crippen MR) is 352 cm³/mol. The van der Waals surface area contributed by atoms with E-state index in [1.54, 1.807) is 0 Å². The van der Waals surface area contributed by atoms with E-state index in [0.717, 1.165) is 148 Å². The van der Waals surface area contributed by atoms with Crippen LogP contribution in [0.4, 0.5) is 0 Å². The highest BCUT2D eigenvalue weighted by Crippen LogP contribution is 2.15. The van der Waals surface area contributed by atoms with Crippen LogP contribution in [0.1, 0.15) is 290 Å². The third-order valence-electron chi connectivity index (χ3n) is 13.8. The van der Waals surface area contributed by atoms with Gasteiger partial charge in [-0.05, 0) is 141 Å². The molecular formula is C75H122O6. The van der Waals surface area contributed by atoms with E-state index in [1.165, 1.54) is 103 Å². The minimum Gasteiger partial charge on any atom is -0.462 e. The summed E-state index contributed by atoms with van der Waals surface area (Å²) in [6, 6.07) is 0. The van der Waals surface area contributed by atoms with E-state index in [-0.39, 0.29) is 31.1 Å². The zero-order chi connectivity index (χ0) is 58.5. The van der Waals surface area contributed by atoms with Crippen molar-refractivity contribution in [3.63, 3.8) is 0 Å². The van der Waals surface area contributed by atoms with Crippen molar-refractivity contribution in [2.75, 3.05) is 13.2 Å². The molecule has 0 rings (SSSR count). The number of carbonyl (C=O) groups is 3. The first kappa shape index (κ1) is 76.3. The lowest BCUT2D eigenvalue weighted by Crippen LogP contribution is -2.30. The largest absolute Gasteiger partial charge is 0.462 e. The van der Waals surface area contributed by atoms with Gasteiger partial charge >= 0.3 is 17.9 Å². The maximum atomic E-state index is 12.9. The lowest BCUT2D eigenvalue weighted by molar-refractivity contribution is -0.167. The van der Waals surface area contributed by atoms with Crippen molar-refractivity contribution in [2.45, 2.75) is 297 Å². The van der Waals surface area contributed by atoms with Gasteiger partial charge in [-0.25, -0.2) is 0 Å². The van der Waals surface area contributed by atoms with Crippen LogP contribution in [0.3, 0.4) is 0 Å². The molecule has 0 aliphatic heterocycles. The van der Waals surface area contributed by atoms with Gasteiger partial charge in [0.2, 0.25) is 0 Å². The summed E-state index contributed by atoms with van der Waals surface area (Å²) in [6.45, 7) is 6.37. The Hall–Kier alpha value is -4.71. The van der Waals surface area contributed by atoms with Crippen LogP contribution in [0, 0.1) is 0 Å². The fourth-order valence-electron chi connectivity index (χ4n) is 8.88. The monoisotopic (exact) mass is 1120 g/mol. The first-order chi connectivity index (χ1) is 40.0. The first-order valence-corrected chi connectivity index (χ1v) is 33.3. The van der Waals surface area contributed by atoms with Crippen molar-refractivity contribution in [3.05, 3.63) is 146 Å². The number of allylic oxidation sites excluding steroid dienone is 24. The van der Waals surface area contributed by atoms with Crippen LogP contribution < -0.4 is 0 Å². The molecule has 0 aromatic carbocycles. The minimum absolute atomic E-state index is 0.0977. The molecule has 0 saturated heterocycles. The van der Waals surface area contributed by atoms with Crippen LogP contribution >= 0.6 is 0 Å². The number of hydrogen-bond acceptors (Lipinski definition) is 6. The molecule has 0 saturated carbocycles.